The molecule has 1 aliphatic carbocycles. The summed E-state index contributed by atoms with van der Waals surface area (Å²) in [5, 5.41) is 18.8. The van der Waals surface area contributed by atoms with Crippen molar-refractivity contribution in [3.05, 3.63) is 65.2 Å². The first-order chi connectivity index (χ1) is 16.5. The molecule has 0 saturated heterocycles. The number of imidazole rings is 1. The Balaban J connectivity index is 1.35. The molecule has 2 aromatic carbocycles. The van der Waals surface area contributed by atoms with E-state index in [1.54, 1.807) is 12.1 Å². The lowest BCUT2D eigenvalue weighted by Gasteiger charge is -2.25. The minimum absolute atomic E-state index is 0.0711. The first kappa shape index (κ1) is 21.9. The number of benzene rings is 2. The second-order valence-electron chi connectivity index (χ2n) is 8.43. The number of aliphatic carboxylic acids is 1. The number of H-pyrrole nitrogens is 1. The lowest BCUT2D eigenvalue weighted by molar-refractivity contribution is -0.143. The number of nitrogens with one attached hydrogen (secondary N) is 1. The van der Waals surface area contributed by atoms with Crippen molar-refractivity contribution in [2.24, 2.45) is 5.92 Å². The van der Waals surface area contributed by atoms with Crippen LogP contribution in [0.2, 0.25) is 5.02 Å². The fourth-order valence-corrected chi connectivity index (χ4v) is 4.58. The third-order valence-electron chi connectivity index (χ3n) is 6.19. The molecule has 7 nitrogen and oxygen atoms in total. The summed E-state index contributed by atoms with van der Waals surface area (Å²) in [5.74, 6) is -1.03. The van der Waals surface area contributed by atoms with Gasteiger partial charge < -0.3 is 9.84 Å². The molecule has 0 amide bonds. The Morgan fingerprint density at radius 2 is 1.76 bits per heavy atom. The van der Waals surface area contributed by atoms with E-state index in [1.165, 1.54) is 0 Å². The third kappa shape index (κ3) is 4.45. The number of fused-ring (bicyclic) bond motifs is 1. The molecular weight excluding hydrogens is 452 g/mol. The molecule has 0 bridgehead atoms. The largest absolute Gasteiger partial charge is 0.481 e. The van der Waals surface area contributed by atoms with Crippen LogP contribution in [0.25, 0.3) is 33.5 Å². The van der Waals surface area contributed by atoms with Gasteiger partial charge in [-0.25, -0.2) is 4.98 Å². The topological polar surface area (TPSA) is 112 Å². The highest BCUT2D eigenvalue weighted by Gasteiger charge is 2.27. The van der Waals surface area contributed by atoms with E-state index in [9.17, 15) is 4.79 Å². The van der Waals surface area contributed by atoms with Gasteiger partial charge in [-0.3, -0.25) is 9.78 Å². The highest BCUT2D eigenvalue weighted by Crippen LogP contribution is 2.32. The molecule has 0 atom stereocenters. The minimum atomic E-state index is -0.739. The quantitative estimate of drug-likeness (QED) is 0.377. The van der Waals surface area contributed by atoms with Crippen molar-refractivity contribution < 1.29 is 14.6 Å². The Morgan fingerprint density at radius 1 is 1.03 bits per heavy atom. The van der Waals surface area contributed by atoms with E-state index in [1.807, 2.05) is 42.5 Å². The summed E-state index contributed by atoms with van der Waals surface area (Å²) >= 11 is 6.53. The second-order valence-corrected chi connectivity index (χ2v) is 8.84. The number of nitrogens with zero attached hydrogens (tertiary/aromatic N) is 3. The van der Waals surface area contributed by atoms with Crippen LogP contribution in [0.1, 0.15) is 31.2 Å². The molecule has 5 rings (SSSR count). The number of ether oxygens (including phenoxy) is 1. The average molecular weight is 473 g/mol. The first-order valence-electron chi connectivity index (χ1n) is 11.1. The molecule has 4 aromatic rings. The van der Waals surface area contributed by atoms with Gasteiger partial charge in [0.15, 0.2) is 5.65 Å². The Labute approximate surface area is 201 Å². The van der Waals surface area contributed by atoms with E-state index in [0.717, 1.165) is 16.7 Å². The van der Waals surface area contributed by atoms with Crippen molar-refractivity contribution in [2.75, 3.05) is 0 Å². The van der Waals surface area contributed by atoms with E-state index in [-0.39, 0.29) is 12.0 Å². The van der Waals surface area contributed by atoms with Crippen LogP contribution in [-0.2, 0) is 4.79 Å². The van der Waals surface area contributed by atoms with E-state index in [4.69, 9.17) is 26.7 Å². The van der Waals surface area contributed by atoms with Crippen molar-refractivity contribution in [1.29, 1.82) is 5.26 Å². The van der Waals surface area contributed by atoms with Crippen LogP contribution in [0.3, 0.4) is 0 Å². The molecule has 0 radical (unpaired) electrons. The number of carboxylic acid groups (broad SMARTS) is 1. The molecule has 0 unspecified atom stereocenters. The maximum atomic E-state index is 11.1. The summed E-state index contributed by atoms with van der Waals surface area (Å²) in [4.78, 5) is 23.4. The molecule has 2 N–H and O–H groups in total. The third-order valence-corrected chi connectivity index (χ3v) is 6.48. The van der Waals surface area contributed by atoms with Crippen molar-refractivity contribution in [2.45, 2.75) is 31.8 Å². The normalized spacial score (nSPS) is 17.9. The summed E-state index contributed by atoms with van der Waals surface area (Å²) in [6, 6.07) is 19.6. The van der Waals surface area contributed by atoms with Gasteiger partial charge in [0.2, 0.25) is 0 Å². The number of rotatable bonds is 5. The number of hydrogen-bond acceptors (Lipinski definition) is 5. The number of aromatic amines is 1. The number of carbonyl (C=O) groups is 1. The summed E-state index contributed by atoms with van der Waals surface area (Å²) in [6.45, 7) is 0. The Morgan fingerprint density at radius 3 is 2.47 bits per heavy atom. The minimum Gasteiger partial charge on any atom is -0.481 e. The van der Waals surface area contributed by atoms with Crippen molar-refractivity contribution in [3.8, 4) is 34.5 Å². The van der Waals surface area contributed by atoms with Crippen LogP contribution in [-0.4, -0.2) is 32.1 Å². The van der Waals surface area contributed by atoms with Gasteiger partial charge in [-0.2, -0.15) is 10.2 Å². The number of hydrogen-bond donors (Lipinski definition) is 2. The Hall–Kier alpha value is -3.89. The van der Waals surface area contributed by atoms with Gasteiger partial charge in [-0.05, 0) is 55.0 Å². The van der Waals surface area contributed by atoms with E-state index >= 15 is 0 Å². The number of pyridine rings is 1. The van der Waals surface area contributed by atoms with Crippen LogP contribution in [0, 0.1) is 17.2 Å². The van der Waals surface area contributed by atoms with Crippen LogP contribution in [0.15, 0.2) is 54.6 Å². The smallest absolute Gasteiger partial charge is 0.306 e. The Kier molecular flexibility index (Phi) is 5.91. The van der Waals surface area contributed by atoms with Crippen LogP contribution >= 0.6 is 11.6 Å². The van der Waals surface area contributed by atoms with Gasteiger partial charge in [0.25, 0.3) is 6.01 Å². The van der Waals surface area contributed by atoms with E-state index in [2.05, 4.69) is 21.0 Å². The monoisotopic (exact) mass is 472 g/mol. The Bertz CT molecular complexity index is 1400. The standard InChI is InChI=1S/C26H21ClN4O3/c27-21-13-22-24(31-26(29-22)34-20-10-8-18(9-11-20)25(32)33)30-23(21)17-6-4-16(5-7-17)19-3-1-2-15(12-19)14-28/h1-7,12-13,18,20H,8-11H2,(H,32,33)(H,29,30,31)/t18-,20-. The van der Waals surface area contributed by atoms with Gasteiger partial charge in [0.05, 0.1) is 28.3 Å². The van der Waals surface area contributed by atoms with Crippen molar-refractivity contribution >= 4 is 28.7 Å². The summed E-state index contributed by atoms with van der Waals surface area (Å²) in [5.41, 5.74) is 5.23. The van der Waals surface area contributed by atoms with E-state index in [0.29, 0.717) is 59.1 Å². The molecular formula is C26H21ClN4O3. The van der Waals surface area contributed by atoms with E-state index < -0.39 is 5.97 Å². The molecule has 0 spiro atoms. The van der Waals surface area contributed by atoms with Gasteiger partial charge >= 0.3 is 5.97 Å². The fraction of sp³-hybridized carbons (Fsp3) is 0.231. The number of carboxylic acids is 1. The second kappa shape index (κ2) is 9.16. The summed E-state index contributed by atoms with van der Waals surface area (Å²) in [6.07, 6.45) is 2.49. The zero-order chi connectivity index (χ0) is 23.7. The lowest BCUT2D eigenvalue weighted by Crippen LogP contribution is -2.28. The molecule has 0 aliphatic heterocycles. The number of halogens is 1. The lowest BCUT2D eigenvalue weighted by atomic mass is 9.87. The molecule has 170 valence electrons. The predicted octanol–water partition coefficient (Wildman–Crippen LogP) is 5.84. The fourth-order valence-electron chi connectivity index (χ4n) is 4.33. The average Bonchev–Trinajstić information content (AvgIpc) is 3.25. The van der Waals surface area contributed by atoms with Gasteiger partial charge in [0, 0.05) is 5.56 Å². The molecule has 8 heteroatoms. The molecule has 1 saturated carbocycles. The molecule has 1 aliphatic rings. The zero-order valence-corrected chi connectivity index (χ0v) is 18.9. The van der Waals surface area contributed by atoms with Crippen LogP contribution in [0.4, 0.5) is 0 Å². The summed E-state index contributed by atoms with van der Waals surface area (Å²) < 4.78 is 5.97. The first-order valence-corrected chi connectivity index (χ1v) is 11.4. The summed E-state index contributed by atoms with van der Waals surface area (Å²) in [7, 11) is 0. The number of nitriles is 1. The molecule has 2 heterocycles. The predicted molar refractivity (Wildman–Crippen MR) is 128 cm³/mol. The molecule has 1 fully saturated rings. The van der Waals surface area contributed by atoms with Crippen molar-refractivity contribution in [1.82, 2.24) is 15.0 Å². The number of aromatic nitrogens is 3. The van der Waals surface area contributed by atoms with Gasteiger partial charge in [0.1, 0.15) is 11.6 Å². The highest BCUT2D eigenvalue weighted by molar-refractivity contribution is 6.33. The zero-order valence-electron chi connectivity index (χ0n) is 18.2. The SMILES string of the molecule is N#Cc1cccc(-c2ccc(-c3nc4[nH]c(O[C@H]5CC[C@H](C(=O)O)CC5)nc4cc3Cl)cc2)c1. The molecule has 34 heavy (non-hydrogen) atoms. The van der Waals surface area contributed by atoms with Gasteiger partial charge in [-0.1, -0.05) is 48.0 Å². The van der Waals surface area contributed by atoms with Gasteiger partial charge in [-0.15, -0.1) is 0 Å². The molecule has 2 aromatic heterocycles. The maximum absolute atomic E-state index is 11.1. The van der Waals surface area contributed by atoms with Crippen molar-refractivity contribution in [3.63, 3.8) is 0 Å². The van der Waals surface area contributed by atoms with Crippen LogP contribution < -0.4 is 4.74 Å². The highest BCUT2D eigenvalue weighted by atomic mass is 35.5. The maximum Gasteiger partial charge on any atom is 0.306 e. The van der Waals surface area contributed by atoms with Crippen LogP contribution in [0.5, 0.6) is 6.01 Å².